The van der Waals surface area contributed by atoms with Gasteiger partial charge < -0.3 is 9.47 Å². The second-order valence-corrected chi connectivity index (χ2v) is 6.28. The molecule has 0 aromatic heterocycles. The van der Waals surface area contributed by atoms with E-state index >= 15 is 0 Å². The lowest BCUT2D eigenvalue weighted by atomic mass is 9.91. The van der Waals surface area contributed by atoms with Gasteiger partial charge in [-0.15, -0.1) is 0 Å². The van der Waals surface area contributed by atoms with Gasteiger partial charge in [-0.3, -0.25) is 4.79 Å². The normalized spacial score (nSPS) is 9.93. The van der Waals surface area contributed by atoms with Crippen molar-refractivity contribution in [3.63, 3.8) is 0 Å². The molecule has 0 atom stereocenters. The molecule has 0 amide bonds. The van der Waals surface area contributed by atoms with Gasteiger partial charge in [-0.2, -0.15) is 0 Å². The van der Waals surface area contributed by atoms with Crippen LogP contribution >= 0.6 is 0 Å². The highest BCUT2D eigenvalue weighted by atomic mass is 16.5. The first-order valence-corrected chi connectivity index (χ1v) is 9.46. The van der Waals surface area contributed by atoms with Crippen LogP contribution in [-0.4, -0.2) is 20.5 Å². The van der Waals surface area contributed by atoms with Gasteiger partial charge in [-0.25, -0.2) is 0 Å². The van der Waals surface area contributed by atoms with Crippen LogP contribution in [-0.2, 0) is 0 Å². The summed E-state index contributed by atoms with van der Waals surface area (Å²) in [5.41, 5.74) is 7.01. The van der Waals surface area contributed by atoms with Crippen molar-refractivity contribution < 1.29 is 14.3 Å². The van der Waals surface area contributed by atoms with Gasteiger partial charge in [0.15, 0.2) is 6.29 Å². The fourth-order valence-electron chi connectivity index (χ4n) is 3.21. The molecule has 3 rings (SSSR count). The number of hydrogen-bond acceptors (Lipinski definition) is 3. The van der Waals surface area contributed by atoms with E-state index in [4.69, 9.17) is 9.47 Å². The number of aryl methyl sites for hydroxylation is 2. The predicted octanol–water partition coefficient (Wildman–Crippen LogP) is 6.49. The molecule has 146 valence electrons. The summed E-state index contributed by atoms with van der Waals surface area (Å²) < 4.78 is 10.6. The molecule has 0 fully saturated rings. The summed E-state index contributed by atoms with van der Waals surface area (Å²) in [5, 5.41) is 0. The van der Waals surface area contributed by atoms with Crippen molar-refractivity contribution in [1.29, 1.82) is 0 Å². The maximum Gasteiger partial charge on any atom is 0.150 e. The van der Waals surface area contributed by atoms with Crippen LogP contribution in [0.5, 0.6) is 11.5 Å². The third-order valence-corrected chi connectivity index (χ3v) is 4.65. The smallest absolute Gasteiger partial charge is 0.150 e. The van der Waals surface area contributed by atoms with Gasteiger partial charge >= 0.3 is 0 Å². The minimum Gasteiger partial charge on any atom is -0.497 e. The van der Waals surface area contributed by atoms with Gasteiger partial charge in [0.05, 0.1) is 14.2 Å². The topological polar surface area (TPSA) is 35.5 Å². The lowest BCUT2D eigenvalue weighted by Gasteiger charge is -2.14. The van der Waals surface area contributed by atoms with Gasteiger partial charge in [0.2, 0.25) is 0 Å². The molecule has 0 aliphatic rings. The summed E-state index contributed by atoms with van der Waals surface area (Å²) in [4.78, 5) is 11.6. The Hall–Kier alpha value is -3.07. The van der Waals surface area contributed by atoms with E-state index in [-0.39, 0.29) is 0 Å². The summed E-state index contributed by atoms with van der Waals surface area (Å²) >= 11 is 0. The van der Waals surface area contributed by atoms with Crippen LogP contribution in [0.15, 0.2) is 54.6 Å². The van der Waals surface area contributed by atoms with Gasteiger partial charge in [0.1, 0.15) is 11.5 Å². The Kier molecular flexibility index (Phi) is 7.39. The largest absolute Gasteiger partial charge is 0.497 e. The number of ether oxygens (including phenoxy) is 2. The van der Waals surface area contributed by atoms with Crippen molar-refractivity contribution >= 4 is 6.29 Å². The first kappa shape index (κ1) is 21.2. The van der Waals surface area contributed by atoms with Crippen LogP contribution in [0.2, 0.25) is 0 Å². The first-order valence-electron chi connectivity index (χ1n) is 9.46. The van der Waals surface area contributed by atoms with Crippen molar-refractivity contribution in [2.45, 2.75) is 27.7 Å². The molecule has 28 heavy (non-hydrogen) atoms. The first-order chi connectivity index (χ1) is 13.6. The fourth-order valence-corrected chi connectivity index (χ4v) is 3.21. The van der Waals surface area contributed by atoms with E-state index in [9.17, 15) is 4.79 Å². The van der Waals surface area contributed by atoms with Crippen LogP contribution in [0, 0.1) is 13.8 Å². The van der Waals surface area contributed by atoms with Crippen LogP contribution in [0.25, 0.3) is 22.3 Å². The molecule has 0 aliphatic carbocycles. The number of benzene rings is 3. The van der Waals surface area contributed by atoms with Gasteiger partial charge in [-0.05, 0) is 77.6 Å². The van der Waals surface area contributed by atoms with Crippen molar-refractivity contribution in [1.82, 2.24) is 0 Å². The SMILES string of the molecule is CC.COc1ccc(-c2ccc(C=O)c(-c3ccc(OC)cc3C)c2)c(C)c1. The molecule has 3 aromatic rings. The number of hydrogen-bond donors (Lipinski definition) is 0. The van der Waals surface area contributed by atoms with Gasteiger partial charge in [0.25, 0.3) is 0 Å². The molecule has 0 N–H and O–H groups in total. The molecule has 0 spiro atoms. The zero-order chi connectivity index (χ0) is 20.7. The molecule has 0 bridgehead atoms. The second kappa shape index (κ2) is 9.75. The third kappa shape index (κ3) is 4.42. The van der Waals surface area contributed by atoms with E-state index in [0.29, 0.717) is 5.56 Å². The fraction of sp³-hybridized carbons (Fsp3) is 0.240. The molecule has 0 aliphatic heterocycles. The Morgan fingerprint density at radius 1 is 0.679 bits per heavy atom. The van der Waals surface area contributed by atoms with Crippen molar-refractivity contribution in [2.24, 2.45) is 0 Å². The second-order valence-electron chi connectivity index (χ2n) is 6.28. The Bertz CT molecular complexity index is 958. The Morgan fingerprint density at radius 3 is 1.68 bits per heavy atom. The third-order valence-electron chi connectivity index (χ3n) is 4.65. The zero-order valence-corrected chi connectivity index (χ0v) is 17.5. The van der Waals surface area contributed by atoms with Crippen LogP contribution in [0.1, 0.15) is 35.3 Å². The molecule has 3 nitrogen and oxygen atoms in total. The maximum absolute atomic E-state index is 11.6. The Balaban J connectivity index is 0.00000136. The van der Waals surface area contributed by atoms with Crippen molar-refractivity contribution in [3.8, 4) is 33.8 Å². The monoisotopic (exact) mass is 376 g/mol. The highest BCUT2D eigenvalue weighted by Crippen LogP contribution is 2.34. The molecule has 0 radical (unpaired) electrons. The van der Waals surface area contributed by atoms with Crippen molar-refractivity contribution in [3.05, 3.63) is 71.3 Å². The van der Waals surface area contributed by atoms with E-state index in [1.807, 2.05) is 63.2 Å². The summed E-state index contributed by atoms with van der Waals surface area (Å²) in [6.07, 6.45) is 0.906. The minimum absolute atomic E-state index is 0.674. The van der Waals surface area contributed by atoms with E-state index in [1.165, 1.54) is 0 Å². The summed E-state index contributed by atoms with van der Waals surface area (Å²) in [6, 6.07) is 17.9. The standard InChI is InChI=1S/C23H22O3.C2H6/c1-15-11-19(25-3)7-9-21(15)17-5-6-18(14-24)23(13-17)22-10-8-20(26-4)12-16(22)2;1-2/h5-14H,1-4H3;1-2H3. The maximum atomic E-state index is 11.6. The molecule has 3 heteroatoms. The van der Waals surface area contributed by atoms with Crippen LogP contribution < -0.4 is 9.47 Å². The van der Waals surface area contributed by atoms with Gasteiger partial charge in [0, 0.05) is 5.56 Å². The van der Waals surface area contributed by atoms with E-state index in [2.05, 4.69) is 19.1 Å². The zero-order valence-electron chi connectivity index (χ0n) is 17.5. The lowest BCUT2D eigenvalue weighted by Crippen LogP contribution is -1.94. The van der Waals surface area contributed by atoms with E-state index in [0.717, 1.165) is 51.2 Å². The van der Waals surface area contributed by atoms with E-state index in [1.54, 1.807) is 14.2 Å². The lowest BCUT2D eigenvalue weighted by molar-refractivity contribution is 0.112. The molecular formula is C25H28O3. The Morgan fingerprint density at radius 2 is 1.21 bits per heavy atom. The highest BCUT2D eigenvalue weighted by molar-refractivity contribution is 5.91. The number of methoxy groups -OCH3 is 2. The van der Waals surface area contributed by atoms with Crippen molar-refractivity contribution in [2.75, 3.05) is 14.2 Å². The molecule has 0 heterocycles. The van der Waals surface area contributed by atoms with Gasteiger partial charge in [-0.1, -0.05) is 38.1 Å². The molecule has 0 saturated heterocycles. The Labute approximate surface area is 167 Å². The summed E-state index contributed by atoms with van der Waals surface area (Å²) in [5.74, 6) is 1.64. The quantitative estimate of drug-likeness (QED) is 0.477. The number of carbonyl (C=O) groups is 1. The summed E-state index contributed by atoms with van der Waals surface area (Å²) in [7, 11) is 3.32. The minimum atomic E-state index is 0.674. The van der Waals surface area contributed by atoms with Crippen LogP contribution in [0.4, 0.5) is 0 Å². The number of aldehydes is 1. The average Bonchev–Trinajstić information content (AvgIpc) is 2.74. The number of carbonyl (C=O) groups excluding carboxylic acids is 1. The number of rotatable bonds is 5. The van der Waals surface area contributed by atoms with Crippen LogP contribution in [0.3, 0.4) is 0 Å². The molecule has 0 unspecified atom stereocenters. The molecule has 3 aromatic carbocycles. The van der Waals surface area contributed by atoms with E-state index < -0.39 is 0 Å². The predicted molar refractivity (Wildman–Crippen MR) is 117 cm³/mol. The average molecular weight is 376 g/mol. The highest BCUT2D eigenvalue weighted by Gasteiger charge is 2.12. The summed E-state index contributed by atoms with van der Waals surface area (Å²) in [6.45, 7) is 8.08. The molecular weight excluding hydrogens is 348 g/mol. The molecule has 0 saturated carbocycles.